The highest BCUT2D eigenvalue weighted by Gasteiger charge is 2.00. The second-order valence-electron chi connectivity index (χ2n) is 0.469. The molecule has 0 unspecified atom stereocenters. The molecule has 0 bridgehead atoms. The molecule has 0 heterocycles. The summed E-state index contributed by atoms with van der Waals surface area (Å²) in [5, 5.41) is 0. The second kappa shape index (κ2) is 1.06. The summed E-state index contributed by atoms with van der Waals surface area (Å²) >= 11 is 0. The van der Waals surface area contributed by atoms with Gasteiger partial charge in [-0.25, -0.2) is 4.57 Å². The summed E-state index contributed by atoms with van der Waals surface area (Å²) in [6.07, 6.45) is 0. The van der Waals surface area contributed by atoms with Crippen LogP contribution in [0.2, 0.25) is 0 Å². The van der Waals surface area contributed by atoms with Crippen molar-refractivity contribution in [3.8, 4) is 0 Å². The summed E-state index contributed by atoms with van der Waals surface area (Å²) in [5.41, 5.74) is 0. The number of hydrogen-bond acceptors (Lipinski definition) is 3. The van der Waals surface area contributed by atoms with Gasteiger partial charge < -0.3 is 14.7 Å². The van der Waals surface area contributed by atoms with Gasteiger partial charge in [0, 0.05) is 0 Å². The van der Waals surface area contributed by atoms with E-state index in [-0.39, 0.29) is 0 Å². The van der Waals surface area contributed by atoms with Crippen LogP contribution in [0.25, 0.3) is 0 Å². The van der Waals surface area contributed by atoms with Crippen molar-refractivity contribution in [2.45, 2.75) is 0 Å². The summed E-state index contributed by atoms with van der Waals surface area (Å²) in [6, 6.07) is 0. The highest BCUT2D eigenvalue weighted by Crippen LogP contribution is 2.25. The van der Waals surface area contributed by atoms with Gasteiger partial charge in [-0.3, -0.25) is 0 Å². The molecule has 0 fully saturated rings. The minimum atomic E-state index is -4.32. The maximum atomic E-state index is 9.69. The van der Waals surface area contributed by atoms with E-state index in [9.17, 15) is 4.57 Å². The lowest BCUT2D eigenvalue weighted by atomic mass is 15.8. The van der Waals surface area contributed by atoms with Crippen LogP contribution in [-0.2, 0) is 4.57 Å². The van der Waals surface area contributed by atoms with E-state index in [1.165, 1.54) is 0 Å². The lowest BCUT2D eigenvalue weighted by Crippen LogP contribution is -1.66. The molecule has 32 valence electrons. The molecule has 0 aliphatic carbocycles. The molecule has 0 aliphatic rings. The van der Waals surface area contributed by atoms with E-state index in [2.05, 4.69) is 9.79 Å². The zero-order chi connectivity index (χ0) is 5.91. The van der Waals surface area contributed by atoms with Crippen LogP contribution in [-0.4, -0.2) is 17.5 Å². The standard InChI is InChI=1S/H3O4P/c1-5(2,3)4/h(H3,1,2,3,4)/i/hD2. The molecular formula is H3O4P. The number of rotatable bonds is 2. The van der Waals surface area contributed by atoms with E-state index >= 15 is 0 Å². The predicted molar refractivity (Wildman–Crippen MR) is 14.3 cm³/mol. The predicted octanol–water partition coefficient (Wildman–Crippen LogP) is -0.929. The zero-order valence-electron chi connectivity index (χ0n) is 4.12. The highest BCUT2D eigenvalue weighted by molar-refractivity contribution is 7.45. The maximum absolute atomic E-state index is 9.69. The number of phosphoric acid groups is 1. The Hall–Kier alpha value is 0.110. The Kier molecular flexibility index (Phi) is 0.492. The van der Waals surface area contributed by atoms with Gasteiger partial charge in [0.2, 0.25) is 2.86 Å². The Balaban J connectivity index is 3.61. The molecule has 3 N–H and O–H groups in total. The van der Waals surface area contributed by atoms with Crippen LogP contribution in [0.4, 0.5) is 0 Å². The van der Waals surface area contributed by atoms with Gasteiger partial charge in [0.05, 0.1) is 0 Å². The van der Waals surface area contributed by atoms with E-state index < -0.39 is 7.82 Å². The fourth-order valence-corrected chi connectivity index (χ4v) is 0. The lowest BCUT2D eigenvalue weighted by Gasteiger charge is -1.82. The average molecular weight is 100 g/mol. The Bertz CT molecular complexity index is 81.7. The minimum absolute atomic E-state index is 3.04. The maximum Gasteiger partial charge on any atom is 0.466 e. The lowest BCUT2D eigenvalue weighted by molar-refractivity contribution is 0.275. The normalized spacial score (nSPS) is 17.0. The molecule has 5 heteroatoms. The van der Waals surface area contributed by atoms with Gasteiger partial charge >= 0.3 is 7.82 Å². The molecule has 0 radical (unpaired) electrons. The molecule has 5 heavy (non-hydrogen) atoms. The van der Waals surface area contributed by atoms with E-state index in [0.29, 0.717) is 0 Å². The minimum Gasteiger partial charge on any atom is -0.303 e. The topological polar surface area (TPSA) is 77.8 Å². The molecule has 0 rings (SSSR count). The number of hydrogen-bond donors (Lipinski definition) is 3. The molecule has 4 nitrogen and oxygen atoms in total. The zero-order valence-corrected chi connectivity index (χ0v) is 3.01. The van der Waals surface area contributed by atoms with Gasteiger partial charge in [-0.1, -0.05) is 0 Å². The van der Waals surface area contributed by atoms with Crippen molar-refractivity contribution in [1.82, 2.24) is 0 Å². The van der Waals surface area contributed by atoms with Crippen molar-refractivity contribution in [1.29, 1.82) is 2.86 Å². The van der Waals surface area contributed by atoms with Crippen molar-refractivity contribution in [3.63, 3.8) is 0 Å². The second-order valence-corrected chi connectivity index (χ2v) is 1.41. The van der Waals surface area contributed by atoms with Gasteiger partial charge in [0.15, 0.2) is 0 Å². The first-order valence-electron chi connectivity index (χ1n) is 1.56. The summed E-state index contributed by atoms with van der Waals surface area (Å²) < 4.78 is 21.2. The molecule has 0 saturated carbocycles. The van der Waals surface area contributed by atoms with E-state index in [1.54, 1.807) is 0 Å². The first-order chi connectivity index (χ1) is 3.12. The van der Waals surface area contributed by atoms with E-state index in [1.807, 2.05) is 0 Å². The van der Waals surface area contributed by atoms with Crippen molar-refractivity contribution >= 4 is 7.82 Å². The summed E-state index contributed by atoms with van der Waals surface area (Å²) in [4.78, 5) is 13.9. The third-order valence-electron chi connectivity index (χ3n) is 0. The van der Waals surface area contributed by atoms with Crippen LogP contribution in [0.5, 0.6) is 0 Å². The quantitative estimate of drug-likeness (QED) is 0.392. The fraction of sp³-hybridized carbons (Fsp3) is 0. The van der Waals surface area contributed by atoms with Crippen LogP contribution >= 0.6 is 7.82 Å². The Morgan fingerprint density at radius 1 is 1.80 bits per heavy atom. The summed E-state index contributed by atoms with van der Waals surface area (Å²) in [6.45, 7) is 0. The first-order valence-corrected chi connectivity index (χ1v) is 2.24. The summed E-state index contributed by atoms with van der Waals surface area (Å²) in [7, 11) is -4.32. The average Bonchev–Trinajstić information content (AvgIpc) is 1.68. The summed E-state index contributed by atoms with van der Waals surface area (Å²) in [5.74, 6) is 0. The van der Waals surface area contributed by atoms with Gasteiger partial charge in [-0.2, -0.15) is 0 Å². The largest absolute Gasteiger partial charge is 0.466 e. The van der Waals surface area contributed by atoms with E-state index in [4.69, 9.17) is 7.76 Å². The monoisotopic (exact) mass is 100.0 g/mol. The van der Waals surface area contributed by atoms with Crippen LogP contribution in [0.15, 0.2) is 0 Å². The van der Waals surface area contributed by atoms with Gasteiger partial charge in [0.25, 0.3) is 0 Å². The van der Waals surface area contributed by atoms with Crippen molar-refractivity contribution in [2.75, 3.05) is 0 Å². The molecule has 0 aromatic rings. The molecule has 0 atom stereocenters. The van der Waals surface area contributed by atoms with E-state index in [0.717, 1.165) is 0 Å². The van der Waals surface area contributed by atoms with Crippen LogP contribution in [0.1, 0.15) is 0 Å². The smallest absolute Gasteiger partial charge is 0.303 e. The molecular weight excluding hydrogens is 95.0 g/mol. The fourth-order valence-electron chi connectivity index (χ4n) is 0. The Morgan fingerprint density at radius 3 is 2.20 bits per heavy atom. The molecule has 0 aromatic carbocycles. The molecule has 0 spiro atoms. The van der Waals surface area contributed by atoms with Gasteiger partial charge in [-0.15, -0.1) is 0 Å². The molecule has 0 saturated heterocycles. The molecule has 0 amide bonds. The SMILES string of the molecule is [2H]OP(=O)(O)O[2H]. The van der Waals surface area contributed by atoms with Crippen LogP contribution < -0.4 is 0 Å². The first kappa shape index (κ1) is 2.31. The third-order valence-corrected chi connectivity index (χ3v) is 0. The Morgan fingerprint density at radius 2 is 2.20 bits per heavy atom. The highest BCUT2D eigenvalue weighted by atomic mass is 31.2. The van der Waals surface area contributed by atoms with Gasteiger partial charge in [0.1, 0.15) is 0 Å². The van der Waals surface area contributed by atoms with Crippen LogP contribution in [0.3, 0.4) is 0 Å². The van der Waals surface area contributed by atoms with Crippen molar-refractivity contribution < 1.29 is 19.2 Å². The molecule has 0 aromatic heterocycles. The van der Waals surface area contributed by atoms with Crippen molar-refractivity contribution in [2.24, 2.45) is 0 Å². The Labute approximate surface area is 31.3 Å². The third kappa shape index (κ3) is 1510. The van der Waals surface area contributed by atoms with Crippen molar-refractivity contribution in [3.05, 3.63) is 0 Å². The van der Waals surface area contributed by atoms with Gasteiger partial charge in [-0.05, 0) is 0 Å². The molecule has 0 aliphatic heterocycles. The van der Waals surface area contributed by atoms with Crippen LogP contribution in [0, 0.1) is 0 Å².